The van der Waals surface area contributed by atoms with Crippen LogP contribution in [0.2, 0.25) is 0 Å². The standard InChI is InChI=1S/C20H33NOS/c1-18(2,3)14-10-15-13(16(17(14)22)19(4,5)6)11-20(7,23-15)12-21(8)9/h10,22H,11-12H2,1-9H3. The van der Waals surface area contributed by atoms with Gasteiger partial charge in [0.2, 0.25) is 0 Å². The Morgan fingerprint density at radius 2 is 1.70 bits per heavy atom. The summed E-state index contributed by atoms with van der Waals surface area (Å²) in [5.74, 6) is 0.512. The van der Waals surface area contributed by atoms with Crippen LogP contribution in [-0.2, 0) is 17.3 Å². The van der Waals surface area contributed by atoms with Crippen molar-refractivity contribution >= 4 is 11.8 Å². The molecule has 0 spiro atoms. The van der Waals surface area contributed by atoms with Crippen LogP contribution in [0.5, 0.6) is 5.75 Å². The van der Waals surface area contributed by atoms with Crippen LogP contribution in [0.1, 0.15) is 65.2 Å². The highest BCUT2D eigenvalue weighted by atomic mass is 32.2. The lowest BCUT2D eigenvalue weighted by Crippen LogP contribution is -2.34. The van der Waals surface area contributed by atoms with Crippen molar-refractivity contribution in [3.63, 3.8) is 0 Å². The van der Waals surface area contributed by atoms with Gasteiger partial charge in [0, 0.05) is 27.3 Å². The van der Waals surface area contributed by atoms with E-state index in [1.165, 1.54) is 10.5 Å². The van der Waals surface area contributed by atoms with Crippen LogP contribution in [0.15, 0.2) is 11.0 Å². The zero-order valence-corrected chi connectivity index (χ0v) is 17.1. The maximum absolute atomic E-state index is 11.1. The molecule has 3 heteroatoms. The van der Waals surface area contributed by atoms with Gasteiger partial charge in [-0.25, -0.2) is 0 Å². The summed E-state index contributed by atoms with van der Waals surface area (Å²) in [6.45, 7) is 16.6. The van der Waals surface area contributed by atoms with E-state index in [0.29, 0.717) is 5.75 Å². The van der Waals surface area contributed by atoms with Crippen molar-refractivity contribution in [2.24, 2.45) is 0 Å². The van der Waals surface area contributed by atoms with Gasteiger partial charge in [0.25, 0.3) is 0 Å². The Labute approximate surface area is 146 Å². The van der Waals surface area contributed by atoms with Gasteiger partial charge in [0.15, 0.2) is 0 Å². The van der Waals surface area contributed by atoms with E-state index in [1.54, 1.807) is 0 Å². The molecule has 130 valence electrons. The predicted molar refractivity (Wildman–Crippen MR) is 102 cm³/mol. The van der Waals surface area contributed by atoms with Crippen LogP contribution in [0, 0.1) is 0 Å². The van der Waals surface area contributed by atoms with E-state index in [2.05, 4.69) is 73.5 Å². The molecule has 0 fully saturated rings. The van der Waals surface area contributed by atoms with Crippen LogP contribution < -0.4 is 0 Å². The maximum atomic E-state index is 11.1. The second-order valence-electron chi connectivity index (χ2n) is 9.59. The summed E-state index contributed by atoms with van der Waals surface area (Å²) in [5.41, 5.74) is 3.47. The number of thioether (sulfide) groups is 1. The minimum absolute atomic E-state index is 0.0553. The molecule has 2 rings (SSSR count). The molecule has 0 radical (unpaired) electrons. The van der Waals surface area contributed by atoms with E-state index in [9.17, 15) is 5.11 Å². The van der Waals surface area contributed by atoms with Crippen LogP contribution in [0.25, 0.3) is 0 Å². The van der Waals surface area contributed by atoms with E-state index in [-0.39, 0.29) is 15.6 Å². The number of hydrogen-bond donors (Lipinski definition) is 1. The van der Waals surface area contributed by atoms with Gasteiger partial charge in [0.1, 0.15) is 5.75 Å². The van der Waals surface area contributed by atoms with Crippen LogP contribution >= 0.6 is 11.8 Å². The molecule has 1 unspecified atom stereocenters. The van der Waals surface area contributed by atoms with E-state index in [4.69, 9.17) is 0 Å². The molecule has 0 amide bonds. The van der Waals surface area contributed by atoms with Crippen LogP contribution in [-0.4, -0.2) is 35.4 Å². The first kappa shape index (κ1) is 18.7. The molecule has 0 aromatic heterocycles. The number of fused-ring (bicyclic) bond motifs is 1. The van der Waals surface area contributed by atoms with E-state index < -0.39 is 0 Å². The smallest absolute Gasteiger partial charge is 0.123 e. The zero-order chi connectivity index (χ0) is 17.8. The summed E-state index contributed by atoms with van der Waals surface area (Å²) in [5, 5.41) is 11.1. The van der Waals surface area contributed by atoms with Crippen molar-refractivity contribution in [1.29, 1.82) is 0 Å². The molecule has 1 aromatic rings. The van der Waals surface area contributed by atoms with Gasteiger partial charge in [-0.05, 0) is 49.9 Å². The third-order valence-corrected chi connectivity index (χ3v) is 5.83. The van der Waals surface area contributed by atoms with Crippen molar-refractivity contribution in [1.82, 2.24) is 4.90 Å². The molecule has 2 nitrogen and oxygen atoms in total. The van der Waals surface area contributed by atoms with Crippen molar-refractivity contribution < 1.29 is 5.11 Å². The summed E-state index contributed by atoms with van der Waals surface area (Å²) in [6, 6.07) is 2.24. The highest BCUT2D eigenvalue weighted by molar-refractivity contribution is 8.01. The Morgan fingerprint density at radius 1 is 1.13 bits per heavy atom. The maximum Gasteiger partial charge on any atom is 0.123 e. The lowest BCUT2D eigenvalue weighted by molar-refractivity contribution is 0.361. The molecule has 0 saturated heterocycles. The number of phenols is 1. The number of hydrogen-bond acceptors (Lipinski definition) is 3. The van der Waals surface area contributed by atoms with Crippen LogP contribution in [0.4, 0.5) is 0 Å². The Kier molecular flexibility index (Phi) is 4.63. The highest BCUT2D eigenvalue weighted by Crippen LogP contribution is 2.53. The fourth-order valence-corrected chi connectivity index (χ4v) is 5.31. The summed E-state index contributed by atoms with van der Waals surface area (Å²) in [4.78, 5) is 3.63. The number of phenolic OH excluding ortho intramolecular Hbond substituents is 1. The molecule has 1 aliphatic heterocycles. The first-order valence-corrected chi connectivity index (χ1v) is 9.30. The SMILES string of the molecule is CN(C)CC1(C)Cc2c(cc(C(C)(C)C)c(O)c2C(C)(C)C)S1. The lowest BCUT2D eigenvalue weighted by Gasteiger charge is -2.30. The fraction of sp³-hybridized carbons (Fsp3) is 0.700. The van der Waals surface area contributed by atoms with Gasteiger partial charge in [-0.2, -0.15) is 0 Å². The lowest BCUT2D eigenvalue weighted by atomic mass is 9.76. The molecule has 1 atom stereocenters. The number of rotatable bonds is 2. The van der Waals surface area contributed by atoms with Gasteiger partial charge in [-0.3, -0.25) is 0 Å². The topological polar surface area (TPSA) is 23.5 Å². The van der Waals surface area contributed by atoms with Crippen molar-refractivity contribution in [2.45, 2.75) is 75.4 Å². The van der Waals surface area contributed by atoms with Gasteiger partial charge in [0.05, 0.1) is 0 Å². The minimum atomic E-state index is -0.0562. The largest absolute Gasteiger partial charge is 0.507 e. The average molecular weight is 336 g/mol. The molecular weight excluding hydrogens is 302 g/mol. The Morgan fingerprint density at radius 3 is 2.13 bits per heavy atom. The van der Waals surface area contributed by atoms with Gasteiger partial charge in [-0.15, -0.1) is 11.8 Å². The molecule has 1 aromatic carbocycles. The molecule has 0 bridgehead atoms. The first-order valence-electron chi connectivity index (χ1n) is 8.48. The van der Waals surface area contributed by atoms with Crippen molar-refractivity contribution in [3.05, 3.63) is 22.8 Å². The number of benzene rings is 1. The Hall–Kier alpha value is -0.670. The molecular formula is C20H33NOS. The molecule has 1 heterocycles. The monoisotopic (exact) mass is 335 g/mol. The normalized spacial score (nSPS) is 21.8. The molecule has 1 N–H and O–H groups in total. The summed E-state index contributed by atoms with van der Waals surface area (Å²) < 4.78 is 0.175. The second-order valence-corrected chi connectivity index (χ2v) is 11.2. The van der Waals surface area contributed by atoms with Crippen LogP contribution in [0.3, 0.4) is 0 Å². The number of aromatic hydroxyl groups is 1. The van der Waals surface area contributed by atoms with E-state index >= 15 is 0 Å². The highest BCUT2D eigenvalue weighted by Gasteiger charge is 2.40. The van der Waals surface area contributed by atoms with Crippen molar-refractivity contribution in [2.75, 3.05) is 20.6 Å². The summed E-state index contributed by atoms with van der Waals surface area (Å²) >= 11 is 1.98. The first-order chi connectivity index (χ1) is 10.2. The second kappa shape index (κ2) is 5.70. The van der Waals surface area contributed by atoms with E-state index in [0.717, 1.165) is 24.1 Å². The molecule has 23 heavy (non-hydrogen) atoms. The zero-order valence-electron chi connectivity index (χ0n) is 16.3. The third-order valence-electron chi connectivity index (χ3n) is 4.48. The van der Waals surface area contributed by atoms with Gasteiger partial charge in [-0.1, -0.05) is 41.5 Å². The minimum Gasteiger partial charge on any atom is -0.507 e. The summed E-state index contributed by atoms with van der Waals surface area (Å²) in [6.07, 6.45) is 1.02. The molecule has 0 saturated carbocycles. The Balaban J connectivity index is 2.65. The quantitative estimate of drug-likeness (QED) is 0.826. The molecule has 0 aliphatic carbocycles. The Bertz CT molecular complexity index is 608. The van der Waals surface area contributed by atoms with Gasteiger partial charge < -0.3 is 10.0 Å². The third kappa shape index (κ3) is 3.71. The van der Waals surface area contributed by atoms with E-state index in [1.807, 2.05) is 11.8 Å². The summed E-state index contributed by atoms with van der Waals surface area (Å²) in [7, 11) is 4.27. The average Bonchev–Trinajstić information content (AvgIpc) is 2.58. The molecule has 1 aliphatic rings. The van der Waals surface area contributed by atoms with Crippen molar-refractivity contribution in [3.8, 4) is 5.75 Å². The van der Waals surface area contributed by atoms with Gasteiger partial charge >= 0.3 is 0 Å². The predicted octanol–water partition coefficient (Wildman–Crippen LogP) is 4.96. The number of nitrogens with zero attached hydrogens (tertiary/aromatic N) is 1. The fourth-order valence-electron chi connectivity index (χ4n) is 3.77.